The average molecular weight is 228 g/mol. The van der Waals surface area contributed by atoms with Crippen molar-refractivity contribution in [3.63, 3.8) is 0 Å². The highest BCUT2D eigenvalue weighted by atomic mass is 32.3. The molecule has 14 heavy (non-hydrogen) atoms. The Kier molecular flexibility index (Phi) is 3.94. The monoisotopic (exact) mass is 228 g/mol. The molecule has 0 aliphatic rings. The molecule has 0 aromatic heterocycles. The minimum atomic E-state index is -4.99. The molecule has 0 saturated carbocycles. The van der Waals surface area contributed by atoms with Crippen molar-refractivity contribution in [2.24, 2.45) is 11.5 Å². The normalized spacial score (nSPS) is 15.9. The number of rotatable bonds is 5. The van der Waals surface area contributed by atoms with Gasteiger partial charge in [-0.1, -0.05) is 0 Å². The first-order chi connectivity index (χ1) is 6.15. The van der Waals surface area contributed by atoms with E-state index in [0.29, 0.717) is 0 Å². The molecule has 10 heteroatoms. The summed E-state index contributed by atoms with van der Waals surface area (Å²) >= 11 is 0. The third kappa shape index (κ3) is 4.13. The Balaban J connectivity index is 4.79. The summed E-state index contributed by atoms with van der Waals surface area (Å²) in [7, 11) is -4.99. The molecule has 6 N–H and O–H groups in total. The Labute approximate surface area is 78.6 Å². The number of primary amides is 1. The molecule has 0 unspecified atom stereocenters. The van der Waals surface area contributed by atoms with Crippen molar-refractivity contribution in [1.82, 2.24) is 0 Å². The summed E-state index contributed by atoms with van der Waals surface area (Å²) < 4.78 is 32.1. The van der Waals surface area contributed by atoms with Gasteiger partial charge in [-0.25, -0.2) is 4.18 Å². The van der Waals surface area contributed by atoms with E-state index in [1.807, 2.05) is 0 Å². The second-order valence-electron chi connectivity index (χ2n) is 2.21. The molecule has 1 amide bonds. The number of carbonyl (C=O) groups excluding carboxylic acids is 1. The number of carbonyl (C=O) groups is 2. The lowest BCUT2D eigenvalue weighted by molar-refractivity contribution is -0.144. The molecule has 9 nitrogen and oxygen atoms in total. The second-order valence-corrected chi connectivity index (χ2v) is 3.26. The van der Waals surface area contributed by atoms with Crippen molar-refractivity contribution in [2.75, 3.05) is 0 Å². The Morgan fingerprint density at radius 1 is 1.36 bits per heavy atom. The highest BCUT2D eigenvalue weighted by Gasteiger charge is 2.33. The molecule has 0 spiro atoms. The van der Waals surface area contributed by atoms with Crippen LogP contribution in [0, 0.1) is 0 Å². The number of carboxylic acid groups (broad SMARTS) is 1. The van der Waals surface area contributed by atoms with E-state index in [0.717, 1.165) is 0 Å². The van der Waals surface area contributed by atoms with Crippen LogP contribution in [0.3, 0.4) is 0 Å². The van der Waals surface area contributed by atoms with Gasteiger partial charge in [0.15, 0.2) is 6.10 Å². The Bertz CT molecular complexity index is 336. The van der Waals surface area contributed by atoms with E-state index in [1.54, 1.807) is 0 Å². The molecule has 0 radical (unpaired) electrons. The van der Waals surface area contributed by atoms with Crippen molar-refractivity contribution in [1.29, 1.82) is 0 Å². The zero-order valence-electron chi connectivity index (χ0n) is 6.65. The van der Waals surface area contributed by atoms with E-state index in [4.69, 9.17) is 15.4 Å². The highest BCUT2D eigenvalue weighted by molar-refractivity contribution is 7.80. The van der Waals surface area contributed by atoms with Gasteiger partial charge in [-0.3, -0.25) is 14.1 Å². The first kappa shape index (κ1) is 12.8. The van der Waals surface area contributed by atoms with Crippen LogP contribution in [0.5, 0.6) is 0 Å². The van der Waals surface area contributed by atoms with Crippen LogP contribution in [0.1, 0.15) is 0 Å². The molecule has 0 rings (SSSR count). The molecule has 0 aliphatic carbocycles. The molecule has 0 aromatic carbocycles. The average Bonchev–Trinajstić information content (AvgIpc) is 1.96. The van der Waals surface area contributed by atoms with Crippen LogP contribution in [0.4, 0.5) is 0 Å². The Hall–Kier alpha value is -1.23. The molecule has 0 aliphatic heterocycles. The highest BCUT2D eigenvalue weighted by Crippen LogP contribution is 2.01. The smallest absolute Gasteiger partial charge is 0.398 e. The summed E-state index contributed by atoms with van der Waals surface area (Å²) in [5, 5.41) is 8.31. The minimum absolute atomic E-state index is 1.42. The summed E-state index contributed by atoms with van der Waals surface area (Å²) in [6.45, 7) is 0. The lowest BCUT2D eigenvalue weighted by Crippen LogP contribution is -2.51. The van der Waals surface area contributed by atoms with Crippen LogP contribution in [0.25, 0.3) is 0 Å². The third-order valence-electron chi connectivity index (χ3n) is 1.12. The van der Waals surface area contributed by atoms with Crippen molar-refractivity contribution in [3.8, 4) is 0 Å². The lowest BCUT2D eigenvalue weighted by Gasteiger charge is -2.15. The Morgan fingerprint density at radius 2 is 1.79 bits per heavy atom. The van der Waals surface area contributed by atoms with Gasteiger partial charge < -0.3 is 16.6 Å². The third-order valence-corrected chi connectivity index (χ3v) is 1.57. The van der Waals surface area contributed by atoms with Crippen molar-refractivity contribution >= 4 is 22.3 Å². The second kappa shape index (κ2) is 4.32. The molecular formula is C4H8N2O7S. The number of amides is 1. The van der Waals surface area contributed by atoms with Crippen molar-refractivity contribution < 1.29 is 31.8 Å². The van der Waals surface area contributed by atoms with Gasteiger partial charge in [0.2, 0.25) is 5.91 Å². The fourth-order valence-corrected chi connectivity index (χ4v) is 1.02. The van der Waals surface area contributed by atoms with Crippen molar-refractivity contribution in [3.05, 3.63) is 0 Å². The molecule has 2 atom stereocenters. The summed E-state index contributed by atoms with van der Waals surface area (Å²) in [5.41, 5.74) is 9.47. The van der Waals surface area contributed by atoms with Gasteiger partial charge in [0, 0.05) is 0 Å². The summed E-state index contributed by atoms with van der Waals surface area (Å²) in [6, 6.07) is -1.98. The maximum Gasteiger partial charge on any atom is 0.398 e. The molecule has 82 valence electrons. The van der Waals surface area contributed by atoms with Crippen LogP contribution in [0.15, 0.2) is 0 Å². The number of hydrogen-bond donors (Lipinski definition) is 4. The van der Waals surface area contributed by atoms with Gasteiger partial charge in [-0.15, -0.1) is 0 Å². The molecule has 0 saturated heterocycles. The molecule has 0 aromatic rings. The van der Waals surface area contributed by atoms with E-state index in [1.165, 1.54) is 0 Å². The molecular weight excluding hydrogens is 220 g/mol. The molecule has 0 fully saturated rings. The van der Waals surface area contributed by atoms with Gasteiger partial charge in [0.1, 0.15) is 6.04 Å². The standard InChI is InChI=1S/C4H8N2O7S/c5-1(4(8)9)2(3(6)7)13-14(10,11)12/h1-2H,5H2,(H2,6,7)(H,8,9)(H,10,11,12)/t1-,2-/m1/s1. The Morgan fingerprint density at radius 3 is 2.00 bits per heavy atom. The fraction of sp³-hybridized carbons (Fsp3) is 0.500. The summed E-state index contributed by atoms with van der Waals surface area (Å²) in [5.74, 6) is -3.12. The van der Waals surface area contributed by atoms with E-state index in [2.05, 4.69) is 9.92 Å². The number of carboxylic acids is 1. The SMILES string of the molecule is NC(=O)[C@H](OS(=O)(=O)O)[C@@H](N)C(=O)O. The first-order valence-electron chi connectivity index (χ1n) is 3.08. The predicted molar refractivity (Wildman–Crippen MR) is 41.2 cm³/mol. The van der Waals surface area contributed by atoms with Crippen LogP contribution < -0.4 is 11.5 Å². The molecule has 0 bridgehead atoms. The topological polar surface area (TPSA) is 170 Å². The van der Waals surface area contributed by atoms with E-state index in [9.17, 15) is 18.0 Å². The quantitative estimate of drug-likeness (QED) is 0.362. The number of aliphatic carboxylic acids is 1. The van der Waals surface area contributed by atoms with Crippen LogP contribution >= 0.6 is 0 Å². The van der Waals surface area contributed by atoms with E-state index < -0.39 is 34.4 Å². The first-order valence-corrected chi connectivity index (χ1v) is 4.45. The number of nitrogens with two attached hydrogens (primary N) is 2. The van der Waals surface area contributed by atoms with Crippen molar-refractivity contribution in [2.45, 2.75) is 12.1 Å². The van der Waals surface area contributed by atoms with E-state index in [-0.39, 0.29) is 0 Å². The largest absolute Gasteiger partial charge is 0.480 e. The van der Waals surface area contributed by atoms with Crippen LogP contribution in [-0.2, 0) is 24.2 Å². The van der Waals surface area contributed by atoms with Gasteiger partial charge >= 0.3 is 16.4 Å². The lowest BCUT2D eigenvalue weighted by atomic mass is 10.2. The maximum atomic E-state index is 10.5. The zero-order chi connectivity index (χ0) is 11.5. The predicted octanol–water partition coefficient (Wildman–Crippen LogP) is -2.93. The summed E-state index contributed by atoms with van der Waals surface area (Å²) in [6.07, 6.45) is -2.15. The fourth-order valence-electron chi connectivity index (χ4n) is 0.545. The van der Waals surface area contributed by atoms with Gasteiger partial charge in [0.25, 0.3) is 0 Å². The van der Waals surface area contributed by atoms with Crippen LogP contribution in [-0.4, -0.2) is 42.1 Å². The van der Waals surface area contributed by atoms with Gasteiger partial charge in [0.05, 0.1) is 0 Å². The maximum absolute atomic E-state index is 10.5. The number of hydrogen-bond acceptors (Lipinski definition) is 6. The zero-order valence-corrected chi connectivity index (χ0v) is 7.47. The van der Waals surface area contributed by atoms with Gasteiger partial charge in [-0.05, 0) is 0 Å². The summed E-state index contributed by atoms with van der Waals surface area (Å²) in [4.78, 5) is 20.7. The van der Waals surface area contributed by atoms with Crippen LogP contribution in [0.2, 0.25) is 0 Å². The minimum Gasteiger partial charge on any atom is -0.480 e. The van der Waals surface area contributed by atoms with E-state index >= 15 is 0 Å². The van der Waals surface area contributed by atoms with Gasteiger partial charge in [-0.2, -0.15) is 8.42 Å². The molecule has 0 heterocycles.